The molecule has 0 bridgehead atoms. The summed E-state index contributed by atoms with van der Waals surface area (Å²) in [6.45, 7) is 0. The lowest BCUT2D eigenvalue weighted by atomic mass is 10.1. The van der Waals surface area contributed by atoms with Gasteiger partial charge in [0.25, 0.3) is 5.91 Å². The first-order valence-corrected chi connectivity index (χ1v) is 8.94. The van der Waals surface area contributed by atoms with Crippen LogP contribution in [0.1, 0.15) is 21.5 Å². The number of hydrogen-bond donors (Lipinski definition) is 0. The van der Waals surface area contributed by atoms with Crippen LogP contribution < -0.4 is 0 Å². The van der Waals surface area contributed by atoms with E-state index < -0.39 is 0 Å². The molecule has 3 aromatic rings. The largest absolute Gasteiger partial charge is 0.277 e. The van der Waals surface area contributed by atoms with Gasteiger partial charge in [0, 0.05) is 16.1 Å². The predicted octanol–water partition coefficient (Wildman–Crippen LogP) is 6.24. The van der Waals surface area contributed by atoms with Gasteiger partial charge in [0.2, 0.25) is 0 Å². The summed E-state index contributed by atoms with van der Waals surface area (Å²) in [6, 6.07) is 26.3. The predicted molar refractivity (Wildman–Crippen MR) is 113 cm³/mol. The Morgan fingerprint density at radius 3 is 2.04 bits per heavy atom. The minimum atomic E-state index is -0.280. The van der Waals surface area contributed by atoms with Crippen LogP contribution in [0.25, 0.3) is 6.08 Å². The highest BCUT2D eigenvalue weighted by Crippen LogP contribution is 2.12. The Bertz CT molecular complexity index is 972. The van der Waals surface area contributed by atoms with Crippen molar-refractivity contribution >= 4 is 29.3 Å². The van der Waals surface area contributed by atoms with Gasteiger partial charge in [0.05, 0.1) is 5.71 Å². The second-order valence-electron chi connectivity index (χ2n) is 5.80. The number of benzene rings is 3. The number of allylic oxidation sites excluding steroid dienone is 3. The Morgan fingerprint density at radius 1 is 0.741 bits per heavy atom. The number of hydrogen-bond acceptors (Lipinski definition) is 1. The maximum Gasteiger partial charge on any atom is 0.277 e. The van der Waals surface area contributed by atoms with Crippen LogP contribution >= 0.6 is 11.6 Å². The number of carbonyl (C=O) groups excluding carboxylic acids is 1. The van der Waals surface area contributed by atoms with Crippen molar-refractivity contribution in [2.45, 2.75) is 0 Å². The van der Waals surface area contributed by atoms with Crippen LogP contribution in [0.3, 0.4) is 0 Å². The van der Waals surface area contributed by atoms with Gasteiger partial charge in [-0.25, -0.2) is 4.99 Å². The Balaban J connectivity index is 1.87. The summed E-state index contributed by atoms with van der Waals surface area (Å²) in [6.07, 6.45) is 7.62. The molecular weight excluding hydrogens is 354 g/mol. The maximum atomic E-state index is 12.5. The molecule has 0 aliphatic carbocycles. The third-order valence-electron chi connectivity index (χ3n) is 3.84. The molecular formula is C24H18ClNO. The van der Waals surface area contributed by atoms with E-state index in [9.17, 15) is 4.79 Å². The fourth-order valence-corrected chi connectivity index (χ4v) is 2.58. The summed E-state index contributed by atoms with van der Waals surface area (Å²) >= 11 is 5.98. The fraction of sp³-hybridized carbons (Fsp3) is 0. The molecule has 0 aliphatic rings. The summed E-state index contributed by atoms with van der Waals surface area (Å²) < 4.78 is 0. The van der Waals surface area contributed by atoms with Crippen LogP contribution in [-0.4, -0.2) is 11.6 Å². The van der Waals surface area contributed by atoms with Gasteiger partial charge < -0.3 is 0 Å². The fourth-order valence-electron chi connectivity index (χ4n) is 2.45. The van der Waals surface area contributed by atoms with Gasteiger partial charge in [-0.3, -0.25) is 4.79 Å². The monoisotopic (exact) mass is 371 g/mol. The molecule has 2 nitrogen and oxygen atoms in total. The second-order valence-corrected chi connectivity index (χ2v) is 6.24. The van der Waals surface area contributed by atoms with Crippen molar-refractivity contribution in [3.8, 4) is 0 Å². The highest BCUT2D eigenvalue weighted by Gasteiger charge is 2.06. The Hall–Kier alpha value is -3.23. The molecule has 0 aliphatic heterocycles. The van der Waals surface area contributed by atoms with Gasteiger partial charge in [-0.05, 0) is 35.9 Å². The minimum absolute atomic E-state index is 0.280. The van der Waals surface area contributed by atoms with E-state index in [1.54, 1.807) is 24.3 Å². The van der Waals surface area contributed by atoms with Crippen molar-refractivity contribution in [1.29, 1.82) is 0 Å². The second kappa shape index (κ2) is 9.46. The molecule has 0 saturated carbocycles. The molecule has 132 valence electrons. The van der Waals surface area contributed by atoms with Crippen LogP contribution in [0.5, 0.6) is 0 Å². The third-order valence-corrected chi connectivity index (χ3v) is 4.09. The SMILES string of the molecule is O=C(N=C(/C=C/C=C/c1ccccc1)c1ccc(Cl)cc1)c1ccccc1. The van der Waals surface area contributed by atoms with Crippen LogP contribution in [0.15, 0.2) is 108 Å². The van der Waals surface area contributed by atoms with Crippen LogP contribution in [0, 0.1) is 0 Å². The number of halogens is 1. The van der Waals surface area contributed by atoms with E-state index in [4.69, 9.17) is 11.6 Å². The third kappa shape index (κ3) is 5.63. The average molecular weight is 372 g/mol. The molecule has 3 heteroatoms. The normalized spacial score (nSPS) is 12.0. The van der Waals surface area contributed by atoms with Crippen LogP contribution in [-0.2, 0) is 0 Å². The summed E-state index contributed by atoms with van der Waals surface area (Å²) in [5.74, 6) is -0.280. The lowest BCUT2D eigenvalue weighted by Crippen LogP contribution is -2.03. The van der Waals surface area contributed by atoms with Crippen molar-refractivity contribution < 1.29 is 4.79 Å². The zero-order chi connectivity index (χ0) is 18.9. The summed E-state index contributed by atoms with van der Waals surface area (Å²) in [5.41, 5.74) is 3.07. The standard InChI is InChI=1S/C24H18ClNO/c25-22-17-15-20(16-18-22)23(26-24(27)21-12-5-2-6-13-21)14-8-7-11-19-9-3-1-4-10-19/h1-18H/b11-7+,14-8+,26-23?. The van der Waals surface area contributed by atoms with Crippen molar-refractivity contribution in [2.75, 3.05) is 0 Å². The molecule has 3 aromatic carbocycles. The average Bonchev–Trinajstić information content (AvgIpc) is 2.72. The minimum Gasteiger partial charge on any atom is -0.267 e. The molecule has 0 radical (unpaired) electrons. The van der Waals surface area contributed by atoms with E-state index >= 15 is 0 Å². The lowest BCUT2D eigenvalue weighted by molar-refractivity contribution is 0.100. The van der Waals surface area contributed by atoms with Crippen molar-refractivity contribution in [3.05, 3.63) is 125 Å². The van der Waals surface area contributed by atoms with Gasteiger partial charge in [-0.2, -0.15) is 0 Å². The summed E-state index contributed by atoms with van der Waals surface area (Å²) in [7, 11) is 0. The Kier molecular flexibility index (Phi) is 6.50. The molecule has 0 N–H and O–H groups in total. The summed E-state index contributed by atoms with van der Waals surface area (Å²) in [4.78, 5) is 16.8. The molecule has 0 fully saturated rings. The number of amides is 1. The first-order valence-electron chi connectivity index (χ1n) is 8.56. The number of carbonyl (C=O) groups is 1. The Morgan fingerprint density at radius 2 is 1.37 bits per heavy atom. The Labute approximate surface area is 164 Å². The summed E-state index contributed by atoms with van der Waals surface area (Å²) in [5, 5.41) is 0.639. The smallest absolute Gasteiger partial charge is 0.267 e. The van der Waals surface area contributed by atoms with E-state index in [1.807, 2.05) is 85.0 Å². The molecule has 0 aromatic heterocycles. The van der Waals surface area contributed by atoms with Gasteiger partial charge >= 0.3 is 0 Å². The van der Waals surface area contributed by atoms with E-state index in [0.717, 1.165) is 11.1 Å². The molecule has 0 heterocycles. The molecule has 0 atom stereocenters. The highest BCUT2D eigenvalue weighted by atomic mass is 35.5. The zero-order valence-electron chi connectivity index (χ0n) is 14.6. The first kappa shape index (κ1) is 18.6. The van der Waals surface area contributed by atoms with Crippen molar-refractivity contribution in [1.82, 2.24) is 0 Å². The zero-order valence-corrected chi connectivity index (χ0v) is 15.4. The van der Waals surface area contributed by atoms with Gasteiger partial charge in [0.1, 0.15) is 0 Å². The molecule has 1 amide bonds. The molecule has 0 spiro atoms. The van der Waals surface area contributed by atoms with E-state index in [0.29, 0.717) is 16.3 Å². The highest BCUT2D eigenvalue weighted by molar-refractivity contribution is 6.30. The van der Waals surface area contributed by atoms with Crippen LogP contribution in [0.4, 0.5) is 0 Å². The van der Waals surface area contributed by atoms with Crippen LogP contribution in [0.2, 0.25) is 5.02 Å². The molecule has 0 unspecified atom stereocenters. The van der Waals surface area contributed by atoms with Gasteiger partial charge in [-0.15, -0.1) is 0 Å². The molecule has 0 saturated heterocycles. The lowest BCUT2D eigenvalue weighted by Gasteiger charge is -2.02. The molecule has 27 heavy (non-hydrogen) atoms. The quantitative estimate of drug-likeness (QED) is 0.385. The topological polar surface area (TPSA) is 29.4 Å². The number of rotatable bonds is 5. The van der Waals surface area contributed by atoms with Crippen molar-refractivity contribution in [2.24, 2.45) is 4.99 Å². The first-order chi connectivity index (χ1) is 13.2. The maximum absolute atomic E-state index is 12.5. The van der Waals surface area contributed by atoms with Gasteiger partial charge in [-0.1, -0.05) is 90.5 Å². The number of nitrogens with zero attached hydrogens (tertiary/aromatic N) is 1. The molecule has 3 rings (SSSR count). The van der Waals surface area contributed by atoms with E-state index in [2.05, 4.69) is 4.99 Å². The van der Waals surface area contributed by atoms with Gasteiger partial charge in [0.15, 0.2) is 0 Å². The van der Waals surface area contributed by atoms with Crippen molar-refractivity contribution in [3.63, 3.8) is 0 Å². The van der Waals surface area contributed by atoms with E-state index in [-0.39, 0.29) is 5.91 Å². The number of aliphatic imine (C=N–C) groups is 1. The van der Waals surface area contributed by atoms with E-state index in [1.165, 1.54) is 0 Å².